The van der Waals surface area contributed by atoms with Gasteiger partial charge < -0.3 is 0 Å². The summed E-state index contributed by atoms with van der Waals surface area (Å²) >= 11 is 0. The summed E-state index contributed by atoms with van der Waals surface area (Å²) in [7, 11) is 0. The lowest BCUT2D eigenvalue weighted by atomic mass is 10.2. The molecule has 50 valence electrons. The summed E-state index contributed by atoms with van der Waals surface area (Å²) in [6.45, 7) is 8.20. The molecule has 0 aromatic heterocycles. The molecule has 0 fully saturated rings. The second kappa shape index (κ2) is 2.97. The summed E-state index contributed by atoms with van der Waals surface area (Å²) in [4.78, 5) is 6.05. The van der Waals surface area contributed by atoms with Gasteiger partial charge in [-0.15, -0.1) is 0 Å². The van der Waals surface area contributed by atoms with Crippen molar-refractivity contribution < 1.29 is 0 Å². The molecule has 1 atom stereocenters. The van der Waals surface area contributed by atoms with Crippen LogP contribution in [0.5, 0.6) is 0 Å². The first-order valence-electron chi connectivity index (χ1n) is 3.44. The molecule has 0 aliphatic carbocycles. The highest BCUT2D eigenvalue weighted by atomic mass is 15.3. The van der Waals surface area contributed by atoms with Gasteiger partial charge in [0, 0.05) is 12.3 Å². The van der Waals surface area contributed by atoms with E-state index < -0.39 is 0 Å². The number of nitrogens with zero attached hydrogens (tertiary/aromatic N) is 2. The first kappa shape index (κ1) is 6.75. The van der Waals surface area contributed by atoms with Gasteiger partial charge in [-0.25, -0.2) is 0 Å². The number of hydrogen-bond donors (Lipinski definition) is 0. The summed E-state index contributed by atoms with van der Waals surface area (Å²) in [6, 6.07) is 0.509. The van der Waals surface area contributed by atoms with Crippen LogP contribution < -0.4 is 0 Å². The van der Waals surface area contributed by atoms with Crippen molar-refractivity contribution in [3.63, 3.8) is 0 Å². The summed E-state index contributed by atoms with van der Waals surface area (Å²) in [5.41, 5.74) is 0. The highest BCUT2D eigenvalue weighted by Crippen LogP contribution is 2.10. The maximum Gasteiger partial charge on any atom is 0.198 e. The van der Waals surface area contributed by atoms with Crippen molar-refractivity contribution >= 4 is 6.21 Å². The fraction of sp³-hybridized carbons (Fsp3) is 0.714. The van der Waals surface area contributed by atoms with E-state index in [9.17, 15) is 0 Å². The quantitative estimate of drug-likeness (QED) is 0.539. The van der Waals surface area contributed by atoms with Gasteiger partial charge >= 0.3 is 0 Å². The van der Waals surface area contributed by atoms with Crippen LogP contribution in [0.3, 0.4) is 0 Å². The maximum atomic E-state index is 3.94. The van der Waals surface area contributed by atoms with Crippen LogP contribution in [0.15, 0.2) is 4.99 Å². The molecule has 1 unspecified atom stereocenters. The fourth-order valence-electron chi connectivity index (χ4n) is 0.979. The number of aliphatic imine (C=N–C) groups is 1. The molecule has 2 radical (unpaired) electrons. The first-order valence-corrected chi connectivity index (χ1v) is 3.44. The second-order valence-corrected chi connectivity index (χ2v) is 2.14. The van der Waals surface area contributed by atoms with Gasteiger partial charge in [0.25, 0.3) is 0 Å². The molecular weight excluding hydrogens is 112 g/mol. The molecule has 0 bridgehead atoms. The standard InChI is InChI=1S/C7H12N2/c1-3-7-5-8-6-9(7)4-2/h5,7H,3-4H2,1-2H3. The SMILES string of the molecule is CCC1C=N[C]N1CC. The second-order valence-electron chi connectivity index (χ2n) is 2.14. The Morgan fingerprint density at radius 3 is 2.89 bits per heavy atom. The van der Waals surface area contributed by atoms with Crippen LogP contribution >= 0.6 is 0 Å². The zero-order chi connectivity index (χ0) is 6.69. The Hall–Kier alpha value is -0.370. The Kier molecular flexibility index (Phi) is 2.22. The molecule has 1 aliphatic heterocycles. The zero-order valence-electron chi connectivity index (χ0n) is 5.96. The van der Waals surface area contributed by atoms with Gasteiger partial charge in [-0.2, -0.15) is 0 Å². The van der Waals surface area contributed by atoms with Crippen molar-refractivity contribution in [3.8, 4) is 0 Å². The first-order chi connectivity index (χ1) is 4.38. The van der Waals surface area contributed by atoms with Crippen molar-refractivity contribution in [1.29, 1.82) is 0 Å². The molecule has 0 aromatic rings. The van der Waals surface area contributed by atoms with E-state index in [1.54, 1.807) is 0 Å². The van der Waals surface area contributed by atoms with Crippen molar-refractivity contribution in [1.82, 2.24) is 4.90 Å². The average Bonchev–Trinajstić information content (AvgIpc) is 2.33. The van der Waals surface area contributed by atoms with Crippen LogP contribution in [0, 0.1) is 6.67 Å². The zero-order valence-corrected chi connectivity index (χ0v) is 5.96. The third-order valence-corrected chi connectivity index (χ3v) is 1.59. The summed E-state index contributed by atoms with van der Waals surface area (Å²) in [6.07, 6.45) is 3.08. The molecular formula is C7H12N2. The monoisotopic (exact) mass is 124 g/mol. The highest BCUT2D eigenvalue weighted by molar-refractivity contribution is 5.67. The summed E-state index contributed by atoms with van der Waals surface area (Å²) in [5.74, 6) is 0. The van der Waals surface area contributed by atoms with Crippen LogP contribution in [0.4, 0.5) is 0 Å². The van der Waals surface area contributed by atoms with Gasteiger partial charge in [0.15, 0.2) is 6.67 Å². The third-order valence-electron chi connectivity index (χ3n) is 1.59. The minimum absolute atomic E-state index is 0.509. The molecule has 0 aromatic carbocycles. The van der Waals surface area contributed by atoms with E-state index in [4.69, 9.17) is 0 Å². The Morgan fingerprint density at radius 2 is 2.44 bits per heavy atom. The van der Waals surface area contributed by atoms with E-state index in [1.165, 1.54) is 0 Å². The molecule has 0 saturated heterocycles. The fourth-order valence-corrected chi connectivity index (χ4v) is 0.979. The van der Waals surface area contributed by atoms with Crippen molar-refractivity contribution in [2.45, 2.75) is 26.3 Å². The van der Waals surface area contributed by atoms with Gasteiger partial charge in [0.2, 0.25) is 0 Å². The molecule has 1 heterocycles. The van der Waals surface area contributed by atoms with Crippen LogP contribution in [0.1, 0.15) is 20.3 Å². The largest absolute Gasteiger partial charge is 0.265 e. The van der Waals surface area contributed by atoms with Crippen LogP contribution in [0.25, 0.3) is 0 Å². The Balaban J connectivity index is 2.39. The number of hydrogen-bond acceptors (Lipinski definition) is 2. The highest BCUT2D eigenvalue weighted by Gasteiger charge is 2.17. The van der Waals surface area contributed by atoms with Crippen molar-refractivity contribution in [3.05, 3.63) is 6.67 Å². The minimum atomic E-state index is 0.509. The lowest BCUT2D eigenvalue weighted by Crippen LogP contribution is -2.28. The van der Waals surface area contributed by atoms with Gasteiger partial charge in [0.05, 0.1) is 0 Å². The normalized spacial score (nSPS) is 27.6. The summed E-state index contributed by atoms with van der Waals surface area (Å²) < 4.78 is 0. The Bertz CT molecular complexity index is 109. The van der Waals surface area contributed by atoms with Gasteiger partial charge in [-0.1, -0.05) is 13.8 Å². The van der Waals surface area contributed by atoms with E-state index in [-0.39, 0.29) is 0 Å². The van der Waals surface area contributed by atoms with E-state index >= 15 is 0 Å². The van der Waals surface area contributed by atoms with Crippen LogP contribution in [0.2, 0.25) is 0 Å². The predicted octanol–water partition coefficient (Wildman–Crippen LogP) is 1.17. The molecule has 0 N–H and O–H groups in total. The lowest BCUT2D eigenvalue weighted by Gasteiger charge is -2.16. The Morgan fingerprint density at radius 1 is 1.67 bits per heavy atom. The molecule has 9 heavy (non-hydrogen) atoms. The van der Waals surface area contributed by atoms with Gasteiger partial charge in [-0.05, 0) is 13.0 Å². The summed E-state index contributed by atoms with van der Waals surface area (Å²) in [5, 5.41) is 0. The molecule has 1 rings (SSSR count). The van der Waals surface area contributed by atoms with E-state index in [0.717, 1.165) is 13.0 Å². The van der Waals surface area contributed by atoms with Gasteiger partial charge in [-0.3, -0.25) is 9.89 Å². The van der Waals surface area contributed by atoms with Crippen molar-refractivity contribution in [2.24, 2.45) is 4.99 Å². The molecule has 0 saturated carbocycles. The van der Waals surface area contributed by atoms with Gasteiger partial charge in [0.1, 0.15) is 0 Å². The number of rotatable bonds is 2. The average molecular weight is 124 g/mol. The Labute approximate surface area is 56.6 Å². The van der Waals surface area contributed by atoms with Crippen LogP contribution in [-0.2, 0) is 0 Å². The predicted molar refractivity (Wildman–Crippen MR) is 38.2 cm³/mol. The third kappa shape index (κ3) is 1.30. The molecule has 0 amide bonds. The smallest absolute Gasteiger partial charge is 0.198 e. The molecule has 0 spiro atoms. The van der Waals surface area contributed by atoms with Crippen molar-refractivity contribution in [2.75, 3.05) is 6.54 Å². The van der Waals surface area contributed by atoms with E-state index in [2.05, 4.69) is 30.4 Å². The minimum Gasteiger partial charge on any atom is -0.265 e. The molecule has 1 aliphatic rings. The topological polar surface area (TPSA) is 15.6 Å². The molecule has 2 nitrogen and oxygen atoms in total. The molecule has 2 heteroatoms. The van der Waals surface area contributed by atoms with Crippen LogP contribution in [-0.4, -0.2) is 23.7 Å². The van der Waals surface area contributed by atoms with E-state index in [1.807, 2.05) is 6.21 Å². The lowest BCUT2D eigenvalue weighted by molar-refractivity contribution is 0.328. The maximum absolute atomic E-state index is 3.94. The van der Waals surface area contributed by atoms with E-state index in [0.29, 0.717) is 6.04 Å².